The summed E-state index contributed by atoms with van der Waals surface area (Å²) in [5, 5.41) is 0.664. The van der Waals surface area contributed by atoms with Crippen molar-refractivity contribution in [1.82, 2.24) is 4.57 Å². The Morgan fingerprint density at radius 3 is 2.60 bits per heavy atom. The predicted molar refractivity (Wildman–Crippen MR) is 152 cm³/mol. The first-order chi connectivity index (χ1) is 19.2. The lowest BCUT2D eigenvalue weighted by molar-refractivity contribution is -0.139. The molecule has 3 heterocycles. The number of thiazole rings is 1. The van der Waals surface area contributed by atoms with Gasteiger partial charge in [-0.05, 0) is 55.8 Å². The van der Waals surface area contributed by atoms with Gasteiger partial charge in [0.2, 0.25) is 0 Å². The number of esters is 2. The summed E-state index contributed by atoms with van der Waals surface area (Å²) in [5.41, 5.74) is 1.73. The molecule has 0 spiro atoms. The minimum absolute atomic E-state index is 0.171. The largest absolute Gasteiger partial charge is 0.465 e. The predicted octanol–water partition coefficient (Wildman–Crippen LogP) is 5.15. The highest BCUT2D eigenvalue weighted by Gasteiger charge is 2.34. The summed E-state index contributed by atoms with van der Waals surface area (Å²) in [6.45, 7) is 3.59. The van der Waals surface area contributed by atoms with Crippen LogP contribution in [0.25, 0.3) is 17.4 Å². The highest BCUT2D eigenvalue weighted by Crippen LogP contribution is 2.34. The van der Waals surface area contributed by atoms with Crippen molar-refractivity contribution in [1.29, 1.82) is 0 Å². The van der Waals surface area contributed by atoms with E-state index in [0.29, 0.717) is 42.7 Å². The van der Waals surface area contributed by atoms with Gasteiger partial charge < -0.3 is 13.9 Å². The number of hydrogen-bond donors (Lipinski definition) is 0. The lowest BCUT2D eigenvalue weighted by Gasteiger charge is -2.25. The lowest BCUT2D eigenvalue weighted by atomic mass is 9.96. The summed E-state index contributed by atoms with van der Waals surface area (Å²) >= 11 is 13.8. The number of rotatable bonds is 6. The van der Waals surface area contributed by atoms with Crippen molar-refractivity contribution in [3.8, 4) is 11.3 Å². The maximum atomic E-state index is 13.8. The molecule has 8 nitrogen and oxygen atoms in total. The second-order valence-corrected chi connectivity index (χ2v) is 10.5. The first kappa shape index (κ1) is 27.6. The maximum Gasteiger partial charge on any atom is 0.339 e. The van der Waals surface area contributed by atoms with Crippen LogP contribution in [-0.4, -0.2) is 30.2 Å². The zero-order chi connectivity index (χ0) is 28.6. The highest BCUT2D eigenvalue weighted by atomic mass is 35.5. The molecule has 1 aliphatic rings. The van der Waals surface area contributed by atoms with E-state index in [1.165, 1.54) is 23.0 Å². The number of halogens is 2. The van der Waals surface area contributed by atoms with Gasteiger partial charge in [0.05, 0.1) is 40.1 Å². The molecular formula is C29H22Cl2N2O6S. The van der Waals surface area contributed by atoms with Crippen molar-refractivity contribution in [3.63, 3.8) is 0 Å². The molecule has 0 saturated carbocycles. The Morgan fingerprint density at radius 1 is 1.10 bits per heavy atom. The summed E-state index contributed by atoms with van der Waals surface area (Å²) < 4.78 is 17.9. The third-order valence-electron chi connectivity index (χ3n) is 6.27. The average Bonchev–Trinajstić information content (AvgIpc) is 3.52. The van der Waals surface area contributed by atoms with E-state index >= 15 is 0 Å². The van der Waals surface area contributed by atoms with Crippen molar-refractivity contribution in [2.75, 3.05) is 13.7 Å². The summed E-state index contributed by atoms with van der Waals surface area (Å²) in [6, 6.07) is 14.5. The molecule has 2 aromatic carbocycles. The molecule has 0 amide bonds. The fraction of sp³-hybridized carbons (Fsp3) is 0.172. The molecule has 40 heavy (non-hydrogen) atoms. The van der Waals surface area contributed by atoms with E-state index in [4.69, 9.17) is 37.1 Å². The third-order valence-corrected chi connectivity index (χ3v) is 7.93. The molecule has 5 rings (SSSR count). The number of nitrogens with zero attached hydrogens (tertiary/aromatic N) is 2. The molecule has 1 atom stereocenters. The topological polar surface area (TPSA) is 100 Å². The summed E-state index contributed by atoms with van der Waals surface area (Å²) in [5.74, 6) is -0.251. The fourth-order valence-electron chi connectivity index (χ4n) is 4.44. The molecule has 0 bridgehead atoms. The number of furan rings is 1. The monoisotopic (exact) mass is 596 g/mol. The first-order valence-corrected chi connectivity index (χ1v) is 13.7. The van der Waals surface area contributed by atoms with Crippen LogP contribution in [0.3, 0.4) is 0 Å². The number of hydrogen-bond acceptors (Lipinski definition) is 8. The van der Waals surface area contributed by atoms with Gasteiger partial charge in [0, 0.05) is 16.7 Å². The van der Waals surface area contributed by atoms with Crippen LogP contribution < -0.4 is 14.9 Å². The van der Waals surface area contributed by atoms with Crippen molar-refractivity contribution in [2.24, 2.45) is 4.99 Å². The van der Waals surface area contributed by atoms with Crippen LogP contribution in [-0.2, 0) is 14.3 Å². The van der Waals surface area contributed by atoms with Crippen LogP contribution in [0.4, 0.5) is 0 Å². The Bertz CT molecular complexity index is 1870. The number of carbonyl (C=O) groups is 2. The van der Waals surface area contributed by atoms with E-state index < -0.39 is 18.0 Å². The van der Waals surface area contributed by atoms with E-state index in [1.54, 1.807) is 74.5 Å². The van der Waals surface area contributed by atoms with Gasteiger partial charge in [-0.25, -0.2) is 14.6 Å². The standard InChI is InChI=1S/C29H22Cl2N2O6S/c1-4-38-28(36)24-15(2)32-29-33(25(24)18-7-5-6-8-20(18)30)26(34)23(40-29)14-17-10-12-22(39-17)16-9-11-21(31)19(13-16)27(35)37-3/h5-14,25H,4H2,1-3H3/b23-14-/t25-/m1/s1. The molecule has 0 radical (unpaired) electrons. The number of fused-ring (bicyclic) bond motifs is 1. The zero-order valence-corrected chi connectivity index (χ0v) is 23.9. The van der Waals surface area contributed by atoms with Crippen LogP contribution in [0.5, 0.6) is 0 Å². The number of methoxy groups -OCH3 is 1. The number of aromatic nitrogens is 1. The molecule has 0 unspecified atom stereocenters. The van der Waals surface area contributed by atoms with Gasteiger partial charge >= 0.3 is 11.9 Å². The lowest BCUT2D eigenvalue weighted by Crippen LogP contribution is -2.40. The minimum atomic E-state index is -0.816. The number of ether oxygens (including phenoxy) is 2. The molecule has 0 saturated heterocycles. The molecule has 0 fully saturated rings. The second-order valence-electron chi connectivity index (χ2n) is 8.71. The van der Waals surface area contributed by atoms with Crippen LogP contribution in [0, 0.1) is 0 Å². The minimum Gasteiger partial charge on any atom is -0.465 e. The van der Waals surface area contributed by atoms with Gasteiger partial charge in [0.1, 0.15) is 17.6 Å². The molecule has 4 aromatic rings. The Kier molecular flexibility index (Phi) is 7.80. The van der Waals surface area contributed by atoms with E-state index in [1.807, 2.05) is 0 Å². The van der Waals surface area contributed by atoms with Crippen molar-refractivity contribution < 1.29 is 23.5 Å². The van der Waals surface area contributed by atoms with Crippen molar-refractivity contribution in [2.45, 2.75) is 19.9 Å². The number of carbonyl (C=O) groups excluding carboxylic acids is 2. The van der Waals surface area contributed by atoms with Gasteiger partial charge in [-0.3, -0.25) is 9.36 Å². The van der Waals surface area contributed by atoms with Gasteiger partial charge in [0.15, 0.2) is 4.80 Å². The van der Waals surface area contributed by atoms with Gasteiger partial charge in [-0.1, -0.05) is 52.7 Å². The van der Waals surface area contributed by atoms with Crippen LogP contribution in [0.2, 0.25) is 10.0 Å². The SMILES string of the molecule is CCOC(=O)C1=C(C)N=c2s/c(=C\c3ccc(-c4ccc(Cl)c(C(=O)OC)c4)o3)c(=O)n2[C@@H]1c1ccccc1Cl. The van der Waals surface area contributed by atoms with E-state index in [-0.39, 0.29) is 28.3 Å². The number of allylic oxidation sites excluding steroid dienone is 1. The summed E-state index contributed by atoms with van der Waals surface area (Å²) in [7, 11) is 1.28. The molecule has 2 aromatic heterocycles. The maximum absolute atomic E-state index is 13.8. The Balaban J connectivity index is 1.61. The zero-order valence-electron chi connectivity index (χ0n) is 21.6. The van der Waals surface area contributed by atoms with E-state index in [0.717, 1.165) is 0 Å². The first-order valence-electron chi connectivity index (χ1n) is 12.2. The molecule has 1 aliphatic heterocycles. The summed E-state index contributed by atoms with van der Waals surface area (Å²) in [6.07, 6.45) is 1.61. The highest BCUT2D eigenvalue weighted by molar-refractivity contribution is 7.07. The third kappa shape index (κ3) is 5.03. The smallest absolute Gasteiger partial charge is 0.339 e. The van der Waals surface area contributed by atoms with Gasteiger partial charge in [-0.15, -0.1) is 0 Å². The molecule has 0 aliphatic carbocycles. The van der Waals surface area contributed by atoms with E-state index in [2.05, 4.69) is 4.99 Å². The van der Waals surface area contributed by atoms with Crippen LogP contribution >= 0.6 is 34.5 Å². The van der Waals surface area contributed by atoms with Gasteiger partial charge in [0.25, 0.3) is 5.56 Å². The van der Waals surface area contributed by atoms with Crippen LogP contribution in [0.1, 0.15) is 41.6 Å². The Hall–Kier alpha value is -3.92. The Morgan fingerprint density at radius 2 is 1.88 bits per heavy atom. The summed E-state index contributed by atoms with van der Waals surface area (Å²) in [4.78, 5) is 43.8. The van der Waals surface area contributed by atoms with Crippen LogP contribution in [0.15, 0.2) is 80.1 Å². The molecule has 11 heteroatoms. The molecule has 0 N–H and O–H groups in total. The van der Waals surface area contributed by atoms with E-state index in [9.17, 15) is 14.4 Å². The van der Waals surface area contributed by atoms with Gasteiger partial charge in [-0.2, -0.15) is 0 Å². The quantitative estimate of drug-likeness (QED) is 0.285. The second kappa shape index (κ2) is 11.3. The van der Waals surface area contributed by atoms with Crippen molar-refractivity contribution in [3.05, 3.63) is 112 Å². The Labute approximate surface area is 242 Å². The molecule has 204 valence electrons. The van der Waals surface area contributed by atoms with Crippen molar-refractivity contribution >= 4 is 52.6 Å². The fourth-order valence-corrected chi connectivity index (χ4v) is 5.90. The molecular weight excluding hydrogens is 575 g/mol. The number of benzene rings is 2. The average molecular weight is 597 g/mol. The normalized spacial score (nSPS) is 15.0.